The minimum atomic E-state index is -0.0743. The molecule has 0 bridgehead atoms. The zero-order valence-electron chi connectivity index (χ0n) is 12.9. The summed E-state index contributed by atoms with van der Waals surface area (Å²) >= 11 is 6.28. The van der Waals surface area contributed by atoms with Gasteiger partial charge in [0.1, 0.15) is 0 Å². The number of nitrogens with two attached hydrogens (primary N) is 1. The van der Waals surface area contributed by atoms with Crippen molar-refractivity contribution in [2.75, 3.05) is 5.32 Å². The van der Waals surface area contributed by atoms with Crippen LogP contribution in [0.3, 0.4) is 0 Å². The average Bonchev–Trinajstić information content (AvgIpc) is 3.25. The second kappa shape index (κ2) is 6.64. The van der Waals surface area contributed by atoms with E-state index < -0.39 is 0 Å². The van der Waals surface area contributed by atoms with E-state index in [0.717, 1.165) is 18.7 Å². The van der Waals surface area contributed by atoms with Crippen molar-refractivity contribution in [1.82, 2.24) is 20.2 Å². The molecule has 1 fully saturated rings. The van der Waals surface area contributed by atoms with E-state index in [1.54, 1.807) is 22.9 Å². The van der Waals surface area contributed by atoms with E-state index >= 15 is 0 Å². The van der Waals surface area contributed by atoms with Gasteiger partial charge in [-0.2, -0.15) is 4.68 Å². The Morgan fingerprint density at radius 3 is 3.00 bits per heavy atom. The minimum absolute atomic E-state index is 0.00357. The molecule has 122 valence electrons. The summed E-state index contributed by atoms with van der Waals surface area (Å²) in [7, 11) is 0. The first-order valence-electron chi connectivity index (χ1n) is 7.68. The standard InChI is InChI=1S/C15H19ClN6O/c1-9(17)2-7-14(23)18-11-5-6-12(16)13(8-11)22-15(10-3-4-10)19-20-21-22/h5-6,8-10H,2-4,7,17H2,1H3,(H,18,23). The third-order valence-electron chi connectivity index (χ3n) is 3.72. The number of carbonyl (C=O) groups excluding carboxylic acids is 1. The molecule has 1 saturated carbocycles. The van der Waals surface area contributed by atoms with Gasteiger partial charge in [-0.25, -0.2) is 0 Å². The Bertz CT molecular complexity index is 710. The molecule has 3 rings (SSSR count). The van der Waals surface area contributed by atoms with Gasteiger partial charge < -0.3 is 11.1 Å². The smallest absolute Gasteiger partial charge is 0.224 e. The topological polar surface area (TPSA) is 98.7 Å². The number of amides is 1. The third kappa shape index (κ3) is 3.86. The second-order valence-corrected chi connectivity index (χ2v) is 6.36. The average molecular weight is 335 g/mol. The zero-order chi connectivity index (χ0) is 16.4. The number of hydrogen-bond donors (Lipinski definition) is 2. The number of rotatable bonds is 6. The Hall–Kier alpha value is -1.99. The Kier molecular flexibility index (Phi) is 4.58. The lowest BCUT2D eigenvalue weighted by Crippen LogP contribution is -2.19. The lowest BCUT2D eigenvalue weighted by Gasteiger charge is -2.10. The van der Waals surface area contributed by atoms with E-state index in [2.05, 4.69) is 20.8 Å². The van der Waals surface area contributed by atoms with Crippen LogP contribution in [0.1, 0.15) is 44.3 Å². The van der Waals surface area contributed by atoms with Crippen LogP contribution in [0.4, 0.5) is 5.69 Å². The van der Waals surface area contributed by atoms with Crippen LogP contribution in [0.25, 0.3) is 5.69 Å². The Balaban J connectivity index is 1.79. The van der Waals surface area contributed by atoms with Crippen LogP contribution in [0.5, 0.6) is 0 Å². The summed E-state index contributed by atoms with van der Waals surface area (Å²) in [6, 6.07) is 5.28. The Morgan fingerprint density at radius 1 is 1.52 bits per heavy atom. The summed E-state index contributed by atoms with van der Waals surface area (Å²) < 4.78 is 1.65. The molecule has 1 aliphatic rings. The molecule has 8 heteroatoms. The van der Waals surface area contributed by atoms with E-state index in [0.29, 0.717) is 35.2 Å². The second-order valence-electron chi connectivity index (χ2n) is 5.95. The highest BCUT2D eigenvalue weighted by atomic mass is 35.5. The van der Waals surface area contributed by atoms with Crippen molar-refractivity contribution < 1.29 is 4.79 Å². The summed E-state index contributed by atoms with van der Waals surface area (Å²) in [5, 5.41) is 15.2. The van der Waals surface area contributed by atoms with Gasteiger partial charge in [-0.05, 0) is 54.8 Å². The van der Waals surface area contributed by atoms with Crippen LogP contribution < -0.4 is 11.1 Å². The van der Waals surface area contributed by atoms with E-state index in [-0.39, 0.29) is 11.9 Å². The molecular formula is C15H19ClN6O. The predicted octanol–water partition coefficient (Wildman–Crippen LogP) is 2.26. The molecule has 23 heavy (non-hydrogen) atoms. The van der Waals surface area contributed by atoms with Gasteiger partial charge in [-0.15, -0.1) is 5.10 Å². The molecule has 0 radical (unpaired) electrons. The molecular weight excluding hydrogens is 316 g/mol. The van der Waals surface area contributed by atoms with Crippen LogP contribution in [0.2, 0.25) is 5.02 Å². The van der Waals surface area contributed by atoms with Crippen molar-refractivity contribution in [3.8, 4) is 5.69 Å². The summed E-state index contributed by atoms with van der Waals surface area (Å²) in [4.78, 5) is 11.9. The van der Waals surface area contributed by atoms with E-state index in [4.69, 9.17) is 17.3 Å². The molecule has 1 aromatic heterocycles. The molecule has 1 amide bonds. The highest BCUT2D eigenvalue weighted by Crippen LogP contribution is 2.39. The molecule has 0 saturated heterocycles. The van der Waals surface area contributed by atoms with Crippen LogP contribution >= 0.6 is 11.6 Å². The van der Waals surface area contributed by atoms with Crippen molar-refractivity contribution in [3.05, 3.63) is 29.0 Å². The van der Waals surface area contributed by atoms with E-state index in [1.807, 2.05) is 6.92 Å². The third-order valence-corrected chi connectivity index (χ3v) is 4.04. The molecule has 3 N–H and O–H groups in total. The van der Waals surface area contributed by atoms with E-state index in [9.17, 15) is 4.79 Å². The first-order valence-corrected chi connectivity index (χ1v) is 8.06. The summed E-state index contributed by atoms with van der Waals surface area (Å²) in [6.07, 6.45) is 3.20. The molecule has 1 aliphatic carbocycles. The fraction of sp³-hybridized carbons (Fsp3) is 0.467. The number of hydrogen-bond acceptors (Lipinski definition) is 5. The molecule has 0 aliphatic heterocycles. The monoisotopic (exact) mass is 334 g/mol. The maximum atomic E-state index is 11.9. The van der Waals surface area contributed by atoms with Gasteiger partial charge in [0.25, 0.3) is 0 Å². The van der Waals surface area contributed by atoms with E-state index in [1.165, 1.54) is 0 Å². The number of carbonyl (C=O) groups is 1. The van der Waals surface area contributed by atoms with Crippen molar-refractivity contribution in [1.29, 1.82) is 0 Å². The van der Waals surface area contributed by atoms with Crippen LogP contribution in [-0.2, 0) is 4.79 Å². The number of nitrogens with zero attached hydrogens (tertiary/aromatic N) is 4. The highest BCUT2D eigenvalue weighted by Gasteiger charge is 2.30. The van der Waals surface area contributed by atoms with Gasteiger partial charge in [0.2, 0.25) is 5.91 Å². The van der Waals surface area contributed by atoms with Gasteiger partial charge in [-0.3, -0.25) is 4.79 Å². The Morgan fingerprint density at radius 2 is 2.30 bits per heavy atom. The minimum Gasteiger partial charge on any atom is -0.328 e. The summed E-state index contributed by atoms with van der Waals surface area (Å²) in [6.45, 7) is 1.88. The van der Waals surface area contributed by atoms with Crippen molar-refractivity contribution >= 4 is 23.2 Å². The van der Waals surface area contributed by atoms with Crippen molar-refractivity contribution in [3.63, 3.8) is 0 Å². The van der Waals surface area contributed by atoms with Gasteiger partial charge in [0.15, 0.2) is 5.82 Å². The molecule has 1 aromatic carbocycles. The molecule has 2 aromatic rings. The predicted molar refractivity (Wildman–Crippen MR) is 87.7 cm³/mol. The molecule has 7 nitrogen and oxygen atoms in total. The number of tetrazole rings is 1. The largest absolute Gasteiger partial charge is 0.328 e. The normalized spacial score (nSPS) is 15.4. The molecule has 1 atom stereocenters. The number of nitrogens with one attached hydrogen (secondary N) is 1. The highest BCUT2D eigenvalue weighted by molar-refractivity contribution is 6.32. The number of benzene rings is 1. The van der Waals surface area contributed by atoms with Gasteiger partial charge in [-0.1, -0.05) is 11.6 Å². The van der Waals surface area contributed by atoms with Crippen LogP contribution in [0.15, 0.2) is 18.2 Å². The SMILES string of the molecule is CC(N)CCC(=O)Nc1ccc(Cl)c(-n2nnnc2C2CC2)c1. The molecule has 0 spiro atoms. The fourth-order valence-electron chi connectivity index (χ4n) is 2.30. The summed E-state index contributed by atoms with van der Waals surface area (Å²) in [5.74, 6) is 1.13. The van der Waals surface area contributed by atoms with Crippen molar-refractivity contribution in [2.24, 2.45) is 5.73 Å². The maximum Gasteiger partial charge on any atom is 0.224 e. The number of halogens is 1. The molecule has 1 heterocycles. The summed E-state index contributed by atoms with van der Waals surface area (Å²) in [5.41, 5.74) is 7.00. The van der Waals surface area contributed by atoms with Gasteiger partial charge in [0, 0.05) is 24.1 Å². The van der Waals surface area contributed by atoms with Gasteiger partial charge >= 0.3 is 0 Å². The number of anilines is 1. The quantitative estimate of drug-likeness (QED) is 0.844. The van der Waals surface area contributed by atoms with Crippen LogP contribution in [-0.4, -0.2) is 32.2 Å². The Labute approximate surface area is 139 Å². The zero-order valence-corrected chi connectivity index (χ0v) is 13.6. The molecule has 1 unspecified atom stereocenters. The maximum absolute atomic E-state index is 11.9. The number of aromatic nitrogens is 4. The fourth-order valence-corrected chi connectivity index (χ4v) is 2.49. The lowest BCUT2D eigenvalue weighted by molar-refractivity contribution is -0.116. The first kappa shape index (κ1) is 15.9. The van der Waals surface area contributed by atoms with Gasteiger partial charge in [0.05, 0.1) is 10.7 Å². The van der Waals surface area contributed by atoms with Crippen LogP contribution in [0, 0.1) is 0 Å². The first-order chi connectivity index (χ1) is 11.0. The lowest BCUT2D eigenvalue weighted by atomic mass is 10.2. The van der Waals surface area contributed by atoms with Crippen molar-refractivity contribution in [2.45, 2.75) is 44.6 Å².